The van der Waals surface area contributed by atoms with E-state index in [1.807, 2.05) is 36.2 Å². The van der Waals surface area contributed by atoms with Crippen LogP contribution in [0.1, 0.15) is 5.56 Å². The van der Waals surface area contributed by atoms with E-state index < -0.39 is 0 Å². The average molecular weight is 272 g/mol. The molecule has 0 amide bonds. The van der Waals surface area contributed by atoms with Crippen LogP contribution in [0.2, 0.25) is 0 Å². The molecule has 0 aliphatic heterocycles. The Hall–Kier alpha value is -2.56. The van der Waals surface area contributed by atoms with Crippen LogP contribution in [0, 0.1) is 10.1 Å². The minimum atomic E-state index is -0.361. The quantitative estimate of drug-likeness (QED) is 0.619. The molecule has 2 aromatic rings. The van der Waals surface area contributed by atoms with Crippen LogP contribution in [0.15, 0.2) is 48.5 Å². The van der Waals surface area contributed by atoms with Crippen molar-refractivity contribution in [3.63, 3.8) is 0 Å². The smallest absolute Gasteiger partial charge is 0.292 e. The fourth-order valence-corrected chi connectivity index (χ4v) is 2.03. The molecule has 5 nitrogen and oxygen atoms in total. The summed E-state index contributed by atoms with van der Waals surface area (Å²) < 4.78 is 5.11. The first-order valence-corrected chi connectivity index (χ1v) is 6.19. The number of hydrogen-bond acceptors (Lipinski definition) is 4. The molecule has 0 aliphatic rings. The molecule has 0 saturated heterocycles. The average Bonchev–Trinajstić information content (AvgIpc) is 2.48. The Morgan fingerprint density at radius 1 is 1.15 bits per heavy atom. The van der Waals surface area contributed by atoms with Crippen molar-refractivity contribution < 1.29 is 9.66 Å². The lowest BCUT2D eigenvalue weighted by Crippen LogP contribution is -2.17. The molecule has 0 heterocycles. The third-order valence-corrected chi connectivity index (χ3v) is 3.07. The van der Waals surface area contributed by atoms with E-state index in [0.29, 0.717) is 12.2 Å². The summed E-state index contributed by atoms with van der Waals surface area (Å²) in [5.74, 6) is 0.794. The number of nitrogens with zero attached hydrogens (tertiary/aromatic N) is 2. The fraction of sp³-hybridized carbons (Fsp3) is 0.200. The first kappa shape index (κ1) is 13.9. The van der Waals surface area contributed by atoms with Gasteiger partial charge >= 0.3 is 0 Å². The molecule has 0 aliphatic carbocycles. The van der Waals surface area contributed by atoms with Crippen LogP contribution in [-0.4, -0.2) is 19.1 Å². The van der Waals surface area contributed by atoms with Crippen molar-refractivity contribution in [2.75, 3.05) is 19.1 Å². The van der Waals surface area contributed by atoms with Gasteiger partial charge in [-0.2, -0.15) is 0 Å². The van der Waals surface area contributed by atoms with Crippen LogP contribution < -0.4 is 9.64 Å². The van der Waals surface area contributed by atoms with Crippen molar-refractivity contribution >= 4 is 11.4 Å². The van der Waals surface area contributed by atoms with E-state index in [0.717, 1.165) is 11.3 Å². The van der Waals surface area contributed by atoms with Gasteiger partial charge in [0.2, 0.25) is 0 Å². The highest BCUT2D eigenvalue weighted by atomic mass is 16.6. The van der Waals surface area contributed by atoms with Gasteiger partial charge in [0.25, 0.3) is 5.69 Å². The summed E-state index contributed by atoms with van der Waals surface area (Å²) in [4.78, 5) is 12.5. The zero-order chi connectivity index (χ0) is 14.5. The maximum Gasteiger partial charge on any atom is 0.292 e. The molecular formula is C15H16N2O3. The topological polar surface area (TPSA) is 55.6 Å². The van der Waals surface area contributed by atoms with E-state index in [2.05, 4.69) is 0 Å². The Morgan fingerprint density at radius 2 is 1.80 bits per heavy atom. The van der Waals surface area contributed by atoms with E-state index >= 15 is 0 Å². The van der Waals surface area contributed by atoms with Gasteiger partial charge in [0.15, 0.2) is 0 Å². The van der Waals surface area contributed by atoms with Gasteiger partial charge in [-0.3, -0.25) is 10.1 Å². The van der Waals surface area contributed by atoms with Crippen LogP contribution in [-0.2, 0) is 6.54 Å². The summed E-state index contributed by atoms with van der Waals surface area (Å²) in [6.07, 6.45) is 0. The number of para-hydroxylation sites is 2. The van der Waals surface area contributed by atoms with Gasteiger partial charge in [0.05, 0.1) is 12.0 Å². The van der Waals surface area contributed by atoms with Crippen LogP contribution in [0.4, 0.5) is 11.4 Å². The molecule has 0 N–H and O–H groups in total. The molecule has 0 fully saturated rings. The second kappa shape index (κ2) is 6.06. The molecule has 0 radical (unpaired) electrons. The van der Waals surface area contributed by atoms with E-state index in [1.165, 1.54) is 6.07 Å². The van der Waals surface area contributed by atoms with Crippen LogP contribution >= 0.6 is 0 Å². The standard InChI is InChI=1S/C15H16N2O3/c1-16(11-12-7-9-13(20-2)10-8-12)14-5-3-4-6-15(14)17(18)19/h3-10H,11H2,1-2H3. The van der Waals surface area contributed by atoms with Crippen molar-refractivity contribution in [3.8, 4) is 5.75 Å². The van der Waals surface area contributed by atoms with Crippen LogP contribution in [0.5, 0.6) is 5.75 Å². The first-order chi connectivity index (χ1) is 9.61. The Balaban J connectivity index is 2.19. The molecule has 0 spiro atoms. The van der Waals surface area contributed by atoms with E-state index in [-0.39, 0.29) is 10.6 Å². The van der Waals surface area contributed by atoms with Gasteiger partial charge in [-0.25, -0.2) is 0 Å². The monoisotopic (exact) mass is 272 g/mol. The Labute approximate surface area is 117 Å². The highest BCUT2D eigenvalue weighted by molar-refractivity contribution is 5.62. The predicted molar refractivity (Wildman–Crippen MR) is 78.2 cm³/mol. The second-order valence-corrected chi connectivity index (χ2v) is 4.45. The summed E-state index contributed by atoms with van der Waals surface area (Å²) >= 11 is 0. The maximum atomic E-state index is 11.0. The largest absolute Gasteiger partial charge is 0.497 e. The first-order valence-electron chi connectivity index (χ1n) is 6.19. The molecule has 0 saturated carbocycles. The van der Waals surface area contributed by atoms with E-state index in [4.69, 9.17) is 4.74 Å². The summed E-state index contributed by atoms with van der Waals surface area (Å²) in [5.41, 5.74) is 1.78. The van der Waals surface area contributed by atoms with Crippen molar-refractivity contribution in [3.05, 3.63) is 64.2 Å². The fourth-order valence-electron chi connectivity index (χ4n) is 2.03. The number of rotatable bonds is 5. The number of methoxy groups -OCH3 is 1. The summed E-state index contributed by atoms with van der Waals surface area (Å²) in [5, 5.41) is 11.0. The van der Waals surface area contributed by atoms with Gasteiger partial charge in [0.1, 0.15) is 11.4 Å². The molecule has 5 heteroatoms. The Bertz CT molecular complexity index is 596. The minimum Gasteiger partial charge on any atom is -0.497 e. The number of ether oxygens (including phenoxy) is 1. The third kappa shape index (κ3) is 3.06. The van der Waals surface area contributed by atoms with Gasteiger partial charge in [-0.1, -0.05) is 24.3 Å². The normalized spacial score (nSPS) is 10.1. The summed E-state index contributed by atoms with van der Waals surface area (Å²) in [6, 6.07) is 14.4. The molecule has 0 aromatic heterocycles. The number of nitro groups is 1. The Kier molecular flexibility index (Phi) is 4.20. The molecule has 2 rings (SSSR count). The van der Waals surface area contributed by atoms with Crippen molar-refractivity contribution in [1.82, 2.24) is 0 Å². The van der Waals surface area contributed by atoms with Crippen molar-refractivity contribution in [2.45, 2.75) is 6.54 Å². The van der Waals surface area contributed by atoms with Crippen molar-refractivity contribution in [1.29, 1.82) is 0 Å². The maximum absolute atomic E-state index is 11.0. The molecule has 0 atom stereocenters. The number of benzene rings is 2. The number of hydrogen-bond donors (Lipinski definition) is 0. The highest BCUT2D eigenvalue weighted by Crippen LogP contribution is 2.27. The van der Waals surface area contributed by atoms with Gasteiger partial charge in [-0.15, -0.1) is 0 Å². The number of nitro benzene ring substituents is 1. The lowest BCUT2D eigenvalue weighted by molar-refractivity contribution is -0.384. The summed E-state index contributed by atoms with van der Waals surface area (Å²) in [7, 11) is 3.46. The zero-order valence-electron chi connectivity index (χ0n) is 11.4. The third-order valence-electron chi connectivity index (χ3n) is 3.07. The van der Waals surface area contributed by atoms with Crippen LogP contribution in [0.3, 0.4) is 0 Å². The van der Waals surface area contributed by atoms with Crippen LogP contribution in [0.25, 0.3) is 0 Å². The Morgan fingerprint density at radius 3 is 2.40 bits per heavy atom. The van der Waals surface area contributed by atoms with E-state index in [1.54, 1.807) is 25.3 Å². The van der Waals surface area contributed by atoms with Gasteiger partial charge in [-0.05, 0) is 23.8 Å². The molecular weight excluding hydrogens is 256 g/mol. The van der Waals surface area contributed by atoms with Crippen molar-refractivity contribution in [2.24, 2.45) is 0 Å². The highest BCUT2D eigenvalue weighted by Gasteiger charge is 2.15. The van der Waals surface area contributed by atoms with E-state index in [9.17, 15) is 10.1 Å². The minimum absolute atomic E-state index is 0.114. The molecule has 104 valence electrons. The molecule has 0 bridgehead atoms. The molecule has 2 aromatic carbocycles. The lowest BCUT2D eigenvalue weighted by Gasteiger charge is -2.19. The van der Waals surface area contributed by atoms with Gasteiger partial charge < -0.3 is 9.64 Å². The zero-order valence-corrected chi connectivity index (χ0v) is 11.4. The predicted octanol–water partition coefficient (Wildman–Crippen LogP) is 3.24. The summed E-state index contributed by atoms with van der Waals surface area (Å²) in [6.45, 7) is 0.592. The number of anilines is 1. The SMILES string of the molecule is COc1ccc(CN(C)c2ccccc2[N+](=O)[O-])cc1. The second-order valence-electron chi connectivity index (χ2n) is 4.45. The lowest BCUT2D eigenvalue weighted by atomic mass is 10.2. The molecule has 0 unspecified atom stereocenters. The molecule has 20 heavy (non-hydrogen) atoms. The van der Waals surface area contributed by atoms with Gasteiger partial charge in [0, 0.05) is 19.7 Å².